The Bertz CT molecular complexity index is 868. The van der Waals surface area contributed by atoms with E-state index < -0.39 is 11.7 Å². The molecular formula is C20H24FN5O. The van der Waals surface area contributed by atoms with Gasteiger partial charge in [0.1, 0.15) is 5.82 Å². The lowest BCUT2D eigenvalue weighted by Crippen LogP contribution is -2.27. The molecule has 27 heavy (non-hydrogen) atoms. The average Bonchev–Trinajstić information content (AvgIpc) is 2.90. The quantitative estimate of drug-likeness (QED) is 0.879. The molecule has 0 fully saturated rings. The summed E-state index contributed by atoms with van der Waals surface area (Å²) in [6.07, 6.45) is 1.05. The fourth-order valence-corrected chi connectivity index (χ4v) is 3.40. The first-order valence-corrected chi connectivity index (χ1v) is 9.21. The molecule has 6 nitrogen and oxygen atoms in total. The molecule has 3 rings (SSSR count). The molecular weight excluding hydrogens is 345 g/mol. The lowest BCUT2D eigenvalue weighted by Gasteiger charge is -2.21. The van der Waals surface area contributed by atoms with Gasteiger partial charge in [0.15, 0.2) is 0 Å². The number of amides is 1. The molecule has 0 saturated heterocycles. The van der Waals surface area contributed by atoms with Gasteiger partial charge in [-0.1, -0.05) is 13.8 Å². The molecule has 2 aromatic rings. The zero-order chi connectivity index (χ0) is 19.4. The molecule has 0 unspecified atom stereocenters. The first-order valence-electron chi connectivity index (χ1n) is 9.21. The summed E-state index contributed by atoms with van der Waals surface area (Å²) in [6.45, 7) is 8.54. The molecule has 0 spiro atoms. The van der Waals surface area contributed by atoms with Gasteiger partial charge >= 0.3 is 0 Å². The summed E-state index contributed by atoms with van der Waals surface area (Å²) in [5.41, 5.74) is 2.19. The molecule has 1 aliphatic heterocycles. The van der Waals surface area contributed by atoms with Crippen molar-refractivity contribution in [3.63, 3.8) is 0 Å². The van der Waals surface area contributed by atoms with E-state index in [2.05, 4.69) is 29.2 Å². The van der Waals surface area contributed by atoms with Gasteiger partial charge in [0.25, 0.3) is 5.91 Å². The Labute approximate surface area is 158 Å². The summed E-state index contributed by atoms with van der Waals surface area (Å²) in [5, 5.41) is 16.3. The molecule has 2 heterocycles. The van der Waals surface area contributed by atoms with Crippen molar-refractivity contribution in [2.75, 3.05) is 13.1 Å². The van der Waals surface area contributed by atoms with Crippen molar-refractivity contribution in [2.24, 2.45) is 5.92 Å². The molecule has 1 aromatic heterocycles. The average molecular weight is 369 g/mol. The number of nitrogens with one attached hydrogen (secondary N) is 1. The standard InChI is InChI=1S/C20H24FN5O/c1-14(2)12-25-4-3-5-26-19(13-25)9-18(24-26)11-23-20(27)16-6-15(10-22)7-17(21)8-16/h6-9,14H,3-5,11-13H2,1-2H3,(H,23,27). The highest BCUT2D eigenvalue weighted by Gasteiger charge is 2.18. The van der Waals surface area contributed by atoms with E-state index >= 15 is 0 Å². The van der Waals surface area contributed by atoms with Crippen LogP contribution in [0, 0.1) is 23.1 Å². The number of hydrogen-bond donors (Lipinski definition) is 1. The number of rotatable bonds is 5. The number of halogens is 1. The van der Waals surface area contributed by atoms with Crippen LogP contribution in [0.4, 0.5) is 4.39 Å². The van der Waals surface area contributed by atoms with Gasteiger partial charge in [0.2, 0.25) is 0 Å². The fraction of sp³-hybridized carbons (Fsp3) is 0.450. The van der Waals surface area contributed by atoms with Crippen molar-refractivity contribution in [1.82, 2.24) is 20.0 Å². The van der Waals surface area contributed by atoms with Crippen molar-refractivity contribution in [3.8, 4) is 6.07 Å². The largest absolute Gasteiger partial charge is 0.346 e. The first kappa shape index (κ1) is 19.1. The van der Waals surface area contributed by atoms with Crippen LogP contribution in [0.2, 0.25) is 0 Å². The predicted molar refractivity (Wildman–Crippen MR) is 99.2 cm³/mol. The van der Waals surface area contributed by atoms with Crippen LogP contribution in [0.25, 0.3) is 0 Å². The van der Waals surface area contributed by atoms with E-state index in [4.69, 9.17) is 5.26 Å². The van der Waals surface area contributed by atoms with Crippen LogP contribution in [0.1, 0.15) is 47.6 Å². The Morgan fingerprint density at radius 1 is 1.33 bits per heavy atom. The second-order valence-corrected chi connectivity index (χ2v) is 7.36. The summed E-state index contributed by atoms with van der Waals surface area (Å²) in [4.78, 5) is 14.7. The Morgan fingerprint density at radius 2 is 2.15 bits per heavy atom. The second kappa shape index (κ2) is 8.31. The highest BCUT2D eigenvalue weighted by atomic mass is 19.1. The third-order valence-electron chi connectivity index (χ3n) is 4.49. The summed E-state index contributed by atoms with van der Waals surface area (Å²) < 4.78 is 15.5. The van der Waals surface area contributed by atoms with E-state index in [0.29, 0.717) is 5.92 Å². The zero-order valence-corrected chi connectivity index (χ0v) is 15.7. The predicted octanol–water partition coefficient (Wildman–Crippen LogP) is 2.69. The molecule has 0 aliphatic carbocycles. The normalized spacial score (nSPS) is 14.5. The van der Waals surface area contributed by atoms with Crippen LogP contribution in [-0.4, -0.2) is 33.7 Å². The number of aromatic nitrogens is 2. The molecule has 0 radical (unpaired) electrons. The minimum Gasteiger partial charge on any atom is -0.346 e. The highest BCUT2D eigenvalue weighted by Crippen LogP contribution is 2.15. The molecule has 0 bridgehead atoms. The Balaban J connectivity index is 1.65. The van der Waals surface area contributed by atoms with Gasteiger partial charge in [0.05, 0.1) is 29.6 Å². The third kappa shape index (κ3) is 4.92. The number of benzene rings is 1. The topological polar surface area (TPSA) is 74.0 Å². The van der Waals surface area contributed by atoms with Gasteiger partial charge in [0, 0.05) is 31.7 Å². The van der Waals surface area contributed by atoms with Crippen LogP contribution < -0.4 is 5.32 Å². The van der Waals surface area contributed by atoms with Gasteiger partial charge < -0.3 is 5.32 Å². The number of hydrogen-bond acceptors (Lipinski definition) is 4. The smallest absolute Gasteiger partial charge is 0.251 e. The monoisotopic (exact) mass is 369 g/mol. The van der Waals surface area contributed by atoms with Crippen molar-refractivity contribution < 1.29 is 9.18 Å². The highest BCUT2D eigenvalue weighted by molar-refractivity contribution is 5.94. The number of carbonyl (C=O) groups excluding carboxylic acids is 1. The van der Waals surface area contributed by atoms with Crippen molar-refractivity contribution in [1.29, 1.82) is 5.26 Å². The molecule has 1 amide bonds. The zero-order valence-electron chi connectivity index (χ0n) is 15.7. The van der Waals surface area contributed by atoms with E-state index in [1.165, 1.54) is 6.07 Å². The molecule has 0 saturated carbocycles. The maximum absolute atomic E-state index is 13.5. The Kier molecular flexibility index (Phi) is 5.87. The summed E-state index contributed by atoms with van der Waals surface area (Å²) in [6, 6.07) is 7.48. The van der Waals surface area contributed by atoms with E-state index in [0.717, 1.165) is 56.1 Å². The number of fused-ring (bicyclic) bond motifs is 1. The Hall–Kier alpha value is -2.72. The van der Waals surface area contributed by atoms with E-state index in [1.807, 2.05) is 16.8 Å². The number of carbonyl (C=O) groups is 1. The van der Waals surface area contributed by atoms with Crippen molar-refractivity contribution in [2.45, 2.75) is 39.9 Å². The molecule has 0 atom stereocenters. The molecule has 142 valence electrons. The van der Waals surface area contributed by atoms with Gasteiger partial charge in [-0.2, -0.15) is 10.4 Å². The van der Waals surface area contributed by atoms with Crippen LogP contribution in [0.5, 0.6) is 0 Å². The summed E-state index contributed by atoms with van der Waals surface area (Å²) >= 11 is 0. The summed E-state index contributed by atoms with van der Waals surface area (Å²) in [5.74, 6) is -0.406. The first-order chi connectivity index (χ1) is 12.9. The van der Waals surface area contributed by atoms with E-state index in [-0.39, 0.29) is 17.7 Å². The molecule has 7 heteroatoms. The molecule has 1 N–H and O–H groups in total. The fourth-order valence-electron chi connectivity index (χ4n) is 3.40. The van der Waals surface area contributed by atoms with Crippen LogP contribution in [0.15, 0.2) is 24.3 Å². The Morgan fingerprint density at radius 3 is 2.89 bits per heavy atom. The van der Waals surface area contributed by atoms with Gasteiger partial charge in [-0.05, 0) is 36.6 Å². The molecule has 1 aliphatic rings. The minimum absolute atomic E-state index is 0.124. The number of aryl methyl sites for hydroxylation is 1. The van der Waals surface area contributed by atoms with Gasteiger partial charge in [-0.25, -0.2) is 4.39 Å². The van der Waals surface area contributed by atoms with Crippen molar-refractivity contribution in [3.05, 3.63) is 52.6 Å². The SMILES string of the molecule is CC(C)CN1CCCn2nc(CNC(=O)c3cc(F)cc(C#N)c3)cc2C1. The lowest BCUT2D eigenvalue weighted by molar-refractivity contribution is 0.0950. The minimum atomic E-state index is -0.599. The van der Waals surface area contributed by atoms with Gasteiger partial charge in [-0.3, -0.25) is 14.4 Å². The van der Waals surface area contributed by atoms with E-state index in [1.54, 1.807) is 0 Å². The number of nitriles is 1. The van der Waals surface area contributed by atoms with Gasteiger partial charge in [-0.15, -0.1) is 0 Å². The lowest BCUT2D eigenvalue weighted by atomic mass is 10.1. The van der Waals surface area contributed by atoms with Crippen LogP contribution >= 0.6 is 0 Å². The van der Waals surface area contributed by atoms with Crippen LogP contribution in [0.3, 0.4) is 0 Å². The maximum Gasteiger partial charge on any atom is 0.251 e. The summed E-state index contributed by atoms with van der Waals surface area (Å²) in [7, 11) is 0. The second-order valence-electron chi connectivity index (χ2n) is 7.36. The molecule has 1 aromatic carbocycles. The third-order valence-corrected chi connectivity index (χ3v) is 4.49. The maximum atomic E-state index is 13.5. The van der Waals surface area contributed by atoms with Crippen LogP contribution in [-0.2, 0) is 19.6 Å². The number of nitrogens with zero attached hydrogens (tertiary/aromatic N) is 4. The van der Waals surface area contributed by atoms with E-state index in [9.17, 15) is 9.18 Å². The van der Waals surface area contributed by atoms with Crippen molar-refractivity contribution >= 4 is 5.91 Å².